The van der Waals surface area contributed by atoms with Crippen LogP contribution in [0, 0.1) is 5.82 Å². The largest absolute Gasteiger partial charge is 0.338 e. The summed E-state index contributed by atoms with van der Waals surface area (Å²) in [6.45, 7) is 1.07. The number of aromatic amines is 2. The number of likely N-dealkylation sites (tertiary alicyclic amines) is 1. The Morgan fingerprint density at radius 1 is 1.32 bits per heavy atom. The topological polar surface area (TPSA) is 94.7 Å². The van der Waals surface area contributed by atoms with Gasteiger partial charge in [-0.2, -0.15) is 5.10 Å². The molecule has 3 heterocycles. The molecule has 1 amide bonds. The smallest absolute Gasteiger partial charge is 0.254 e. The highest BCUT2D eigenvalue weighted by Crippen LogP contribution is 2.26. The maximum atomic E-state index is 13.6. The van der Waals surface area contributed by atoms with E-state index in [-0.39, 0.29) is 22.9 Å². The van der Waals surface area contributed by atoms with E-state index in [0.717, 1.165) is 18.7 Å². The fourth-order valence-electron chi connectivity index (χ4n) is 3.37. The zero-order valence-electron chi connectivity index (χ0n) is 13.3. The molecular weight excluding hydrogens is 325 g/mol. The number of pyridine rings is 1. The lowest BCUT2D eigenvalue weighted by Gasteiger charge is -2.32. The molecule has 1 aromatic carbocycles. The van der Waals surface area contributed by atoms with Gasteiger partial charge in [0.2, 0.25) is 5.56 Å². The number of fused-ring (bicyclic) bond motifs is 1. The molecule has 1 atom stereocenters. The van der Waals surface area contributed by atoms with E-state index < -0.39 is 5.82 Å². The van der Waals surface area contributed by atoms with E-state index in [4.69, 9.17) is 0 Å². The standard InChI is InChI=1S/C17H16FN5O2/c18-11-3-4-14-12(6-11)13(7-15(24)21-14)17(25)23-5-1-2-10(8-23)16-19-9-20-22-16/h3-4,6-7,9-10H,1-2,5,8H2,(H,21,24)(H,19,20,22). The van der Waals surface area contributed by atoms with Crippen molar-refractivity contribution in [3.05, 3.63) is 58.2 Å². The Bertz CT molecular complexity index is 982. The van der Waals surface area contributed by atoms with Gasteiger partial charge in [0.1, 0.15) is 18.0 Å². The summed E-state index contributed by atoms with van der Waals surface area (Å²) in [7, 11) is 0. The van der Waals surface area contributed by atoms with Crippen LogP contribution in [0.3, 0.4) is 0 Å². The highest BCUT2D eigenvalue weighted by molar-refractivity contribution is 6.06. The molecule has 1 aliphatic rings. The van der Waals surface area contributed by atoms with Gasteiger partial charge in [0.25, 0.3) is 5.91 Å². The lowest BCUT2D eigenvalue weighted by molar-refractivity contribution is 0.0706. The van der Waals surface area contributed by atoms with Crippen LogP contribution in [0.25, 0.3) is 10.9 Å². The van der Waals surface area contributed by atoms with Crippen molar-refractivity contribution in [1.29, 1.82) is 0 Å². The number of carbonyl (C=O) groups is 1. The van der Waals surface area contributed by atoms with Crippen molar-refractivity contribution in [2.45, 2.75) is 18.8 Å². The molecule has 3 aromatic rings. The Morgan fingerprint density at radius 3 is 3.00 bits per heavy atom. The van der Waals surface area contributed by atoms with Crippen LogP contribution in [-0.4, -0.2) is 44.1 Å². The van der Waals surface area contributed by atoms with E-state index in [1.165, 1.54) is 30.6 Å². The first-order valence-electron chi connectivity index (χ1n) is 8.09. The summed E-state index contributed by atoms with van der Waals surface area (Å²) in [5.41, 5.74) is 0.281. The lowest BCUT2D eigenvalue weighted by Crippen LogP contribution is -2.39. The molecule has 25 heavy (non-hydrogen) atoms. The molecular formula is C17H16FN5O2. The minimum Gasteiger partial charge on any atom is -0.338 e. The summed E-state index contributed by atoms with van der Waals surface area (Å²) in [6.07, 6.45) is 3.18. The van der Waals surface area contributed by atoms with Crippen molar-refractivity contribution in [1.82, 2.24) is 25.1 Å². The molecule has 0 spiro atoms. The predicted molar refractivity (Wildman–Crippen MR) is 88.8 cm³/mol. The summed E-state index contributed by atoms with van der Waals surface area (Å²) < 4.78 is 13.6. The normalized spacial score (nSPS) is 17.8. The molecule has 0 radical (unpaired) electrons. The molecule has 4 rings (SSSR count). The van der Waals surface area contributed by atoms with Crippen molar-refractivity contribution < 1.29 is 9.18 Å². The van der Waals surface area contributed by atoms with Gasteiger partial charge in [-0.15, -0.1) is 0 Å². The van der Waals surface area contributed by atoms with Crippen molar-refractivity contribution in [3.8, 4) is 0 Å². The molecule has 128 valence electrons. The molecule has 1 saturated heterocycles. The fourth-order valence-corrected chi connectivity index (χ4v) is 3.37. The van der Waals surface area contributed by atoms with E-state index >= 15 is 0 Å². The molecule has 0 bridgehead atoms. The van der Waals surface area contributed by atoms with E-state index in [0.29, 0.717) is 24.0 Å². The molecule has 1 fully saturated rings. The van der Waals surface area contributed by atoms with Gasteiger partial charge in [0.15, 0.2) is 0 Å². The number of hydrogen-bond acceptors (Lipinski definition) is 4. The van der Waals surface area contributed by atoms with Crippen LogP contribution in [0.5, 0.6) is 0 Å². The van der Waals surface area contributed by atoms with Crippen LogP contribution >= 0.6 is 0 Å². The minimum atomic E-state index is -0.452. The second-order valence-electron chi connectivity index (χ2n) is 6.20. The molecule has 1 unspecified atom stereocenters. The number of hydrogen-bond donors (Lipinski definition) is 2. The van der Waals surface area contributed by atoms with Crippen LogP contribution in [0.15, 0.2) is 35.4 Å². The summed E-state index contributed by atoms with van der Waals surface area (Å²) >= 11 is 0. The summed E-state index contributed by atoms with van der Waals surface area (Å²) in [4.78, 5) is 33.4. The van der Waals surface area contributed by atoms with Crippen LogP contribution in [0.2, 0.25) is 0 Å². The summed E-state index contributed by atoms with van der Waals surface area (Å²) in [5.74, 6) is 0.0993. The van der Waals surface area contributed by atoms with Crippen LogP contribution in [0.4, 0.5) is 4.39 Å². The van der Waals surface area contributed by atoms with E-state index in [2.05, 4.69) is 20.2 Å². The zero-order valence-corrected chi connectivity index (χ0v) is 13.3. The zero-order chi connectivity index (χ0) is 17.4. The third-order valence-corrected chi connectivity index (χ3v) is 4.56. The number of aromatic nitrogens is 4. The van der Waals surface area contributed by atoms with E-state index in [1.54, 1.807) is 4.90 Å². The number of nitrogens with one attached hydrogen (secondary N) is 2. The average molecular weight is 341 g/mol. The van der Waals surface area contributed by atoms with Crippen LogP contribution in [0.1, 0.15) is 34.9 Å². The van der Waals surface area contributed by atoms with Gasteiger partial charge in [-0.1, -0.05) is 0 Å². The SMILES string of the molecule is O=C(c1cc(=O)[nH]c2ccc(F)cc12)N1CCCC(c2ncn[nH]2)C1. The Balaban J connectivity index is 1.70. The fraction of sp³-hybridized carbons (Fsp3) is 0.294. The van der Waals surface area contributed by atoms with Crippen molar-refractivity contribution in [2.24, 2.45) is 0 Å². The number of halogens is 1. The highest BCUT2D eigenvalue weighted by atomic mass is 19.1. The predicted octanol–water partition coefficient (Wildman–Crippen LogP) is 1.81. The summed E-state index contributed by atoms with van der Waals surface area (Å²) in [5, 5.41) is 7.12. The Hall–Kier alpha value is -3.03. The molecule has 1 aliphatic heterocycles. The maximum Gasteiger partial charge on any atom is 0.254 e. The summed E-state index contributed by atoms with van der Waals surface area (Å²) in [6, 6.07) is 5.24. The molecule has 2 aromatic heterocycles. The number of benzene rings is 1. The number of carbonyl (C=O) groups excluding carboxylic acids is 1. The Morgan fingerprint density at radius 2 is 2.20 bits per heavy atom. The number of piperidine rings is 1. The lowest BCUT2D eigenvalue weighted by atomic mass is 9.96. The second-order valence-corrected chi connectivity index (χ2v) is 6.20. The van der Waals surface area contributed by atoms with Gasteiger partial charge in [-0.25, -0.2) is 9.37 Å². The van der Waals surface area contributed by atoms with Crippen molar-refractivity contribution in [2.75, 3.05) is 13.1 Å². The highest BCUT2D eigenvalue weighted by Gasteiger charge is 2.28. The van der Waals surface area contributed by atoms with Crippen LogP contribution in [-0.2, 0) is 0 Å². The average Bonchev–Trinajstić information content (AvgIpc) is 3.16. The van der Waals surface area contributed by atoms with Gasteiger partial charge in [-0.05, 0) is 31.0 Å². The molecule has 8 heteroatoms. The Kier molecular flexibility index (Phi) is 3.79. The van der Waals surface area contributed by atoms with E-state index in [1.807, 2.05) is 0 Å². The van der Waals surface area contributed by atoms with Gasteiger partial charge in [0.05, 0.1) is 5.56 Å². The third kappa shape index (κ3) is 2.90. The van der Waals surface area contributed by atoms with E-state index in [9.17, 15) is 14.0 Å². The number of amides is 1. The monoisotopic (exact) mass is 341 g/mol. The van der Waals surface area contributed by atoms with Crippen molar-refractivity contribution >= 4 is 16.8 Å². The number of H-pyrrole nitrogens is 2. The second kappa shape index (κ2) is 6.12. The third-order valence-electron chi connectivity index (χ3n) is 4.56. The molecule has 2 N–H and O–H groups in total. The van der Waals surface area contributed by atoms with Gasteiger partial charge in [0, 0.05) is 36.0 Å². The quantitative estimate of drug-likeness (QED) is 0.743. The molecule has 0 saturated carbocycles. The minimum absolute atomic E-state index is 0.0743. The first kappa shape index (κ1) is 15.5. The first-order valence-corrected chi connectivity index (χ1v) is 8.09. The molecule has 0 aliphatic carbocycles. The Labute approximate surface area is 141 Å². The van der Waals surface area contributed by atoms with Crippen LogP contribution < -0.4 is 5.56 Å². The van der Waals surface area contributed by atoms with Crippen molar-refractivity contribution in [3.63, 3.8) is 0 Å². The number of nitrogens with zero attached hydrogens (tertiary/aromatic N) is 3. The maximum absolute atomic E-state index is 13.6. The molecule has 7 nitrogen and oxygen atoms in total. The first-order chi connectivity index (χ1) is 12.1. The van der Waals surface area contributed by atoms with Gasteiger partial charge < -0.3 is 9.88 Å². The van der Waals surface area contributed by atoms with Gasteiger partial charge >= 0.3 is 0 Å². The number of rotatable bonds is 2. The van der Waals surface area contributed by atoms with Gasteiger partial charge in [-0.3, -0.25) is 14.7 Å².